The number of aliphatic hydroxyl groups is 1. The fourth-order valence-corrected chi connectivity index (χ4v) is 3.81. The number of benzene rings is 1. The number of aliphatic hydroxyl groups excluding tert-OH is 1. The lowest BCUT2D eigenvalue weighted by Crippen LogP contribution is -2.47. The number of aryl methyl sites for hydroxylation is 2. The Kier molecular flexibility index (Phi) is 4.45. The molecule has 0 fully saturated rings. The van der Waals surface area contributed by atoms with E-state index in [1.54, 1.807) is 4.90 Å². The summed E-state index contributed by atoms with van der Waals surface area (Å²) < 4.78 is 2.01. The van der Waals surface area contributed by atoms with E-state index in [0.29, 0.717) is 6.54 Å². The van der Waals surface area contributed by atoms with Crippen LogP contribution in [0.3, 0.4) is 0 Å². The van der Waals surface area contributed by atoms with E-state index in [0.717, 1.165) is 33.8 Å². The number of fused-ring (bicyclic) bond motifs is 3. The maximum Gasteiger partial charge on any atom is 0.224 e. The number of nitrogens with one attached hydrogen (secondary N) is 1. The Bertz CT molecular complexity index is 996. The number of carbonyl (C=O) groups is 1. The molecule has 0 unspecified atom stereocenters. The second-order valence-corrected chi connectivity index (χ2v) is 7.14. The molecule has 6 heteroatoms. The number of pyridine rings is 1. The molecule has 0 saturated heterocycles. The second-order valence-electron chi connectivity index (χ2n) is 7.14. The standard InChI is InChI=1S/C21H24N4O2/c1-13-14(2)24-10-9-17-19(22-11-16-7-5-4-6-8-16)18(27)12-25(15(3)26)20(17)21(24)23-13/h4-10,18-19,22,27H,11-12H2,1-3H3/t18-,19+/m0/s1. The zero-order valence-corrected chi connectivity index (χ0v) is 15.8. The van der Waals surface area contributed by atoms with Crippen LogP contribution in [0.1, 0.15) is 35.5 Å². The summed E-state index contributed by atoms with van der Waals surface area (Å²) in [5.41, 5.74) is 5.59. The summed E-state index contributed by atoms with van der Waals surface area (Å²) in [5, 5.41) is 14.2. The lowest BCUT2D eigenvalue weighted by Gasteiger charge is -2.38. The van der Waals surface area contributed by atoms with Gasteiger partial charge in [0, 0.05) is 30.9 Å². The maximum atomic E-state index is 12.3. The molecule has 4 rings (SSSR count). The largest absolute Gasteiger partial charge is 0.389 e. The topological polar surface area (TPSA) is 69.9 Å². The summed E-state index contributed by atoms with van der Waals surface area (Å²) in [6, 6.07) is 11.8. The lowest BCUT2D eigenvalue weighted by molar-refractivity contribution is -0.117. The van der Waals surface area contributed by atoms with E-state index in [1.807, 2.05) is 48.7 Å². The van der Waals surface area contributed by atoms with Crippen LogP contribution >= 0.6 is 0 Å². The molecule has 140 valence electrons. The molecule has 2 atom stereocenters. The molecule has 1 aliphatic heterocycles. The first-order chi connectivity index (χ1) is 13.0. The van der Waals surface area contributed by atoms with Crippen molar-refractivity contribution in [2.45, 2.75) is 39.5 Å². The van der Waals surface area contributed by atoms with Crippen LogP contribution in [0.25, 0.3) is 5.65 Å². The molecule has 1 amide bonds. The van der Waals surface area contributed by atoms with Crippen LogP contribution in [0.4, 0.5) is 5.69 Å². The van der Waals surface area contributed by atoms with Crippen molar-refractivity contribution in [1.29, 1.82) is 0 Å². The minimum atomic E-state index is -0.690. The van der Waals surface area contributed by atoms with Gasteiger partial charge in [-0.15, -0.1) is 0 Å². The first-order valence-corrected chi connectivity index (χ1v) is 9.19. The number of aromatic nitrogens is 2. The number of hydrogen-bond donors (Lipinski definition) is 2. The molecular weight excluding hydrogens is 340 g/mol. The number of hydrogen-bond acceptors (Lipinski definition) is 4. The number of nitrogens with zero attached hydrogens (tertiary/aromatic N) is 3. The van der Waals surface area contributed by atoms with Gasteiger partial charge in [-0.1, -0.05) is 30.3 Å². The predicted molar refractivity (Wildman–Crippen MR) is 105 cm³/mol. The normalized spacial score (nSPS) is 19.3. The van der Waals surface area contributed by atoms with Crippen LogP contribution in [0.15, 0.2) is 42.6 Å². The Morgan fingerprint density at radius 2 is 2.00 bits per heavy atom. The second kappa shape index (κ2) is 6.79. The van der Waals surface area contributed by atoms with Gasteiger partial charge in [0.05, 0.1) is 30.1 Å². The van der Waals surface area contributed by atoms with Gasteiger partial charge in [-0.25, -0.2) is 4.98 Å². The zero-order chi connectivity index (χ0) is 19.1. The van der Waals surface area contributed by atoms with Gasteiger partial charge in [-0.2, -0.15) is 0 Å². The van der Waals surface area contributed by atoms with Gasteiger partial charge in [-0.3, -0.25) is 4.79 Å². The van der Waals surface area contributed by atoms with Crippen molar-refractivity contribution in [2.24, 2.45) is 0 Å². The molecule has 0 saturated carbocycles. The highest BCUT2D eigenvalue weighted by molar-refractivity contribution is 5.97. The minimum absolute atomic E-state index is 0.0942. The van der Waals surface area contributed by atoms with Crippen LogP contribution in [0.2, 0.25) is 0 Å². The van der Waals surface area contributed by atoms with Gasteiger partial charge in [0.25, 0.3) is 0 Å². The highest BCUT2D eigenvalue weighted by atomic mass is 16.3. The molecule has 2 N–H and O–H groups in total. The number of β-amino-alcohol motifs (C(OH)–C–C–N with tert-alkyl or cyclic N) is 1. The summed E-state index contributed by atoms with van der Waals surface area (Å²) >= 11 is 0. The Balaban J connectivity index is 1.79. The third-order valence-electron chi connectivity index (χ3n) is 5.38. The Morgan fingerprint density at radius 1 is 1.26 bits per heavy atom. The Morgan fingerprint density at radius 3 is 2.70 bits per heavy atom. The number of carbonyl (C=O) groups excluding carboxylic acids is 1. The number of imidazole rings is 1. The lowest BCUT2D eigenvalue weighted by atomic mass is 9.94. The average molecular weight is 364 g/mol. The molecule has 3 aromatic rings. The van der Waals surface area contributed by atoms with Crippen molar-refractivity contribution in [3.8, 4) is 0 Å². The molecule has 1 aromatic carbocycles. The Hall–Kier alpha value is -2.70. The third kappa shape index (κ3) is 3.01. The van der Waals surface area contributed by atoms with Gasteiger partial charge < -0.3 is 19.7 Å². The monoisotopic (exact) mass is 364 g/mol. The van der Waals surface area contributed by atoms with Crippen LogP contribution in [-0.4, -0.2) is 33.0 Å². The van der Waals surface area contributed by atoms with Gasteiger partial charge in [0.15, 0.2) is 5.65 Å². The highest BCUT2D eigenvalue weighted by Gasteiger charge is 2.36. The predicted octanol–water partition coefficient (Wildman–Crippen LogP) is 2.51. The summed E-state index contributed by atoms with van der Waals surface area (Å²) in [6.45, 7) is 6.40. The quantitative estimate of drug-likeness (QED) is 0.749. The summed E-state index contributed by atoms with van der Waals surface area (Å²) in [6.07, 6.45) is 1.28. The van der Waals surface area contributed by atoms with E-state index in [2.05, 4.69) is 17.4 Å². The van der Waals surface area contributed by atoms with E-state index < -0.39 is 6.10 Å². The number of rotatable bonds is 3. The van der Waals surface area contributed by atoms with Gasteiger partial charge in [-0.05, 0) is 25.5 Å². The zero-order valence-electron chi connectivity index (χ0n) is 15.8. The summed E-state index contributed by atoms with van der Waals surface area (Å²) in [7, 11) is 0. The molecule has 27 heavy (non-hydrogen) atoms. The van der Waals surface area contributed by atoms with Crippen molar-refractivity contribution in [1.82, 2.24) is 14.7 Å². The molecule has 2 aromatic heterocycles. The van der Waals surface area contributed by atoms with Crippen molar-refractivity contribution in [3.05, 3.63) is 65.1 Å². The molecule has 0 aliphatic carbocycles. The fraction of sp³-hybridized carbons (Fsp3) is 0.333. The van der Waals surface area contributed by atoms with Crippen molar-refractivity contribution in [2.75, 3.05) is 11.4 Å². The van der Waals surface area contributed by atoms with Crippen LogP contribution < -0.4 is 10.2 Å². The van der Waals surface area contributed by atoms with Crippen LogP contribution in [0, 0.1) is 13.8 Å². The maximum absolute atomic E-state index is 12.3. The first kappa shape index (κ1) is 17.7. The molecular formula is C21H24N4O2. The van der Waals surface area contributed by atoms with Crippen LogP contribution in [0.5, 0.6) is 0 Å². The fourth-order valence-electron chi connectivity index (χ4n) is 3.81. The smallest absolute Gasteiger partial charge is 0.224 e. The van der Waals surface area contributed by atoms with Crippen molar-refractivity contribution < 1.29 is 9.90 Å². The van der Waals surface area contributed by atoms with Crippen LogP contribution in [-0.2, 0) is 11.3 Å². The highest BCUT2D eigenvalue weighted by Crippen LogP contribution is 2.37. The van der Waals surface area contributed by atoms with E-state index in [4.69, 9.17) is 4.98 Å². The van der Waals surface area contributed by atoms with E-state index >= 15 is 0 Å². The minimum Gasteiger partial charge on any atom is -0.389 e. The Labute approximate surface area is 158 Å². The third-order valence-corrected chi connectivity index (χ3v) is 5.38. The van der Waals surface area contributed by atoms with E-state index in [-0.39, 0.29) is 18.5 Å². The molecule has 0 radical (unpaired) electrons. The van der Waals surface area contributed by atoms with Crippen molar-refractivity contribution in [3.63, 3.8) is 0 Å². The molecule has 0 spiro atoms. The molecule has 3 heterocycles. The summed E-state index contributed by atoms with van der Waals surface area (Å²) in [5.74, 6) is -0.0942. The van der Waals surface area contributed by atoms with Gasteiger partial charge in [0.1, 0.15) is 0 Å². The molecule has 1 aliphatic rings. The first-order valence-electron chi connectivity index (χ1n) is 9.19. The van der Waals surface area contributed by atoms with Crippen molar-refractivity contribution >= 4 is 17.2 Å². The number of anilines is 1. The van der Waals surface area contributed by atoms with Gasteiger partial charge >= 0.3 is 0 Å². The average Bonchev–Trinajstić information content (AvgIpc) is 2.95. The molecule has 0 bridgehead atoms. The summed E-state index contributed by atoms with van der Waals surface area (Å²) in [4.78, 5) is 18.6. The van der Waals surface area contributed by atoms with E-state index in [1.165, 1.54) is 6.92 Å². The SMILES string of the molecule is CC(=O)N1C[C@H](O)[C@H](NCc2ccccc2)c2ccn3c(C)c(C)nc3c21. The van der Waals surface area contributed by atoms with E-state index in [9.17, 15) is 9.90 Å². The van der Waals surface area contributed by atoms with Gasteiger partial charge in [0.2, 0.25) is 5.91 Å². The molecule has 6 nitrogen and oxygen atoms in total. The number of amides is 1.